The summed E-state index contributed by atoms with van der Waals surface area (Å²) in [5.41, 5.74) is -1.31. The molecule has 1 fully saturated rings. The van der Waals surface area contributed by atoms with E-state index in [-0.39, 0.29) is 32.5 Å². The minimum Gasteiger partial charge on any atom is -0.491 e. The summed E-state index contributed by atoms with van der Waals surface area (Å²) < 4.78 is 72.7. The van der Waals surface area contributed by atoms with Crippen molar-refractivity contribution in [1.82, 2.24) is 4.31 Å². The van der Waals surface area contributed by atoms with Crippen molar-refractivity contribution in [3.63, 3.8) is 0 Å². The van der Waals surface area contributed by atoms with E-state index in [1.54, 1.807) is 0 Å². The summed E-state index contributed by atoms with van der Waals surface area (Å²) in [5.74, 6) is -2.35. The minimum absolute atomic E-state index is 0.0228. The van der Waals surface area contributed by atoms with Crippen molar-refractivity contribution in [3.05, 3.63) is 59.9 Å². The SMILES string of the molecule is O=S(=O)(c1c(F)cccc1F)N1CCCC(O)(COc2ccc(F)cc2)CC1. The maximum Gasteiger partial charge on any atom is 0.248 e. The average Bonchev–Trinajstić information content (AvgIpc) is 2.84. The fourth-order valence-corrected chi connectivity index (χ4v) is 4.73. The normalized spacial score (nSPS) is 21.3. The Labute approximate surface area is 161 Å². The van der Waals surface area contributed by atoms with Crippen molar-refractivity contribution in [2.45, 2.75) is 29.8 Å². The van der Waals surface area contributed by atoms with Crippen molar-refractivity contribution < 1.29 is 31.4 Å². The number of rotatable bonds is 5. The van der Waals surface area contributed by atoms with E-state index >= 15 is 0 Å². The lowest BCUT2D eigenvalue weighted by atomic mass is 9.96. The molecule has 9 heteroatoms. The summed E-state index contributed by atoms with van der Waals surface area (Å²) in [6.07, 6.45) is 0.571. The third kappa shape index (κ3) is 4.48. The average molecular weight is 415 g/mol. The molecule has 2 aromatic rings. The van der Waals surface area contributed by atoms with Gasteiger partial charge in [-0.05, 0) is 55.7 Å². The topological polar surface area (TPSA) is 66.8 Å². The predicted molar refractivity (Wildman–Crippen MR) is 95.8 cm³/mol. The first kappa shape index (κ1) is 20.6. The van der Waals surface area contributed by atoms with Gasteiger partial charge in [0, 0.05) is 13.1 Å². The lowest BCUT2D eigenvalue weighted by Gasteiger charge is -2.27. The molecule has 0 spiro atoms. The summed E-state index contributed by atoms with van der Waals surface area (Å²) in [6.45, 7) is -0.199. The number of sulfonamides is 1. The Balaban J connectivity index is 1.71. The molecule has 1 unspecified atom stereocenters. The number of halogens is 3. The van der Waals surface area contributed by atoms with E-state index in [9.17, 15) is 26.7 Å². The van der Waals surface area contributed by atoms with Gasteiger partial charge in [-0.3, -0.25) is 0 Å². The summed E-state index contributed by atoms with van der Waals surface area (Å²) >= 11 is 0. The smallest absolute Gasteiger partial charge is 0.248 e. The molecule has 1 aliphatic heterocycles. The molecule has 3 rings (SSSR count). The molecular weight excluding hydrogens is 395 g/mol. The minimum atomic E-state index is -4.38. The first-order chi connectivity index (χ1) is 13.2. The highest BCUT2D eigenvalue weighted by Gasteiger charge is 2.37. The quantitative estimate of drug-likeness (QED) is 0.815. The third-order valence-electron chi connectivity index (χ3n) is 4.71. The van der Waals surface area contributed by atoms with Crippen LogP contribution in [0.3, 0.4) is 0 Å². The molecule has 0 bridgehead atoms. The fraction of sp³-hybridized carbons (Fsp3) is 0.368. The molecule has 0 aromatic heterocycles. The lowest BCUT2D eigenvalue weighted by molar-refractivity contribution is -0.0156. The molecule has 1 saturated heterocycles. The van der Waals surface area contributed by atoms with Gasteiger partial charge in [0.25, 0.3) is 0 Å². The Morgan fingerprint density at radius 2 is 1.64 bits per heavy atom. The van der Waals surface area contributed by atoms with Crippen LogP contribution in [0, 0.1) is 17.5 Å². The lowest BCUT2D eigenvalue weighted by Crippen LogP contribution is -2.38. The number of nitrogens with zero attached hydrogens (tertiary/aromatic N) is 1. The van der Waals surface area contributed by atoms with Crippen molar-refractivity contribution in [2.24, 2.45) is 0 Å². The molecule has 0 saturated carbocycles. The van der Waals surface area contributed by atoms with Crippen molar-refractivity contribution in [2.75, 3.05) is 19.7 Å². The van der Waals surface area contributed by atoms with Gasteiger partial charge in [-0.2, -0.15) is 4.31 Å². The van der Waals surface area contributed by atoms with Gasteiger partial charge < -0.3 is 9.84 Å². The molecule has 1 heterocycles. The Kier molecular flexibility index (Phi) is 5.97. The predicted octanol–water partition coefficient (Wildman–Crippen LogP) is 3.09. The standard InChI is InChI=1S/C19H20F3NO4S/c20-14-5-7-15(8-6-14)27-13-19(24)9-2-11-23(12-10-19)28(25,26)18-16(21)3-1-4-17(18)22/h1,3-8,24H,2,9-13H2. The van der Waals surface area contributed by atoms with Crippen LogP contribution >= 0.6 is 0 Å². The molecule has 28 heavy (non-hydrogen) atoms. The molecule has 0 aliphatic carbocycles. The van der Waals surface area contributed by atoms with Gasteiger partial charge in [0.15, 0.2) is 4.90 Å². The zero-order valence-corrected chi connectivity index (χ0v) is 15.8. The maximum absolute atomic E-state index is 13.9. The summed E-state index contributed by atoms with van der Waals surface area (Å²) in [4.78, 5) is -0.983. The van der Waals surface area contributed by atoms with Gasteiger partial charge in [0.1, 0.15) is 29.8 Å². The summed E-state index contributed by atoms with van der Waals surface area (Å²) in [6, 6.07) is 8.17. The van der Waals surface area contributed by atoms with E-state index in [4.69, 9.17) is 4.74 Å². The second-order valence-corrected chi connectivity index (χ2v) is 8.65. The third-order valence-corrected chi connectivity index (χ3v) is 6.67. The summed E-state index contributed by atoms with van der Waals surface area (Å²) in [5, 5.41) is 10.8. The van der Waals surface area contributed by atoms with E-state index in [1.807, 2.05) is 0 Å². The molecular formula is C19H20F3NO4S. The molecule has 0 radical (unpaired) electrons. The Morgan fingerprint density at radius 3 is 2.29 bits per heavy atom. The zero-order valence-electron chi connectivity index (χ0n) is 14.9. The van der Waals surface area contributed by atoms with Crippen LogP contribution in [-0.2, 0) is 10.0 Å². The second-order valence-electron chi connectivity index (χ2n) is 6.78. The number of aliphatic hydroxyl groups is 1. The van der Waals surface area contributed by atoms with E-state index < -0.39 is 38.0 Å². The molecule has 1 N–H and O–H groups in total. The van der Waals surface area contributed by atoms with Crippen LogP contribution in [0.4, 0.5) is 13.2 Å². The Bertz CT molecular complexity index is 916. The Hall–Kier alpha value is -2.10. The number of hydrogen-bond donors (Lipinski definition) is 1. The molecule has 0 amide bonds. The highest BCUT2D eigenvalue weighted by atomic mass is 32.2. The van der Waals surface area contributed by atoms with Crippen LogP contribution in [0.15, 0.2) is 47.4 Å². The maximum atomic E-state index is 13.9. The van der Waals surface area contributed by atoms with Crippen LogP contribution in [-0.4, -0.2) is 43.1 Å². The van der Waals surface area contributed by atoms with E-state index in [0.717, 1.165) is 22.5 Å². The molecule has 1 aliphatic rings. The van der Waals surface area contributed by atoms with Crippen molar-refractivity contribution >= 4 is 10.0 Å². The largest absolute Gasteiger partial charge is 0.491 e. The highest BCUT2D eigenvalue weighted by molar-refractivity contribution is 7.89. The van der Waals surface area contributed by atoms with E-state index in [2.05, 4.69) is 0 Å². The van der Waals surface area contributed by atoms with Gasteiger partial charge in [-0.1, -0.05) is 6.07 Å². The first-order valence-corrected chi connectivity index (χ1v) is 10.2. The van der Waals surface area contributed by atoms with Crippen LogP contribution in [0.25, 0.3) is 0 Å². The fourth-order valence-electron chi connectivity index (χ4n) is 3.15. The van der Waals surface area contributed by atoms with Crippen LogP contribution in [0.1, 0.15) is 19.3 Å². The van der Waals surface area contributed by atoms with Gasteiger partial charge >= 0.3 is 0 Å². The number of benzene rings is 2. The molecule has 2 aromatic carbocycles. The van der Waals surface area contributed by atoms with Gasteiger partial charge in [-0.15, -0.1) is 0 Å². The van der Waals surface area contributed by atoms with Gasteiger partial charge in [0.05, 0.1) is 5.60 Å². The number of ether oxygens (including phenoxy) is 1. The Morgan fingerprint density at radius 1 is 1.00 bits per heavy atom. The molecule has 1 atom stereocenters. The van der Waals surface area contributed by atoms with Crippen LogP contribution in [0.5, 0.6) is 5.75 Å². The van der Waals surface area contributed by atoms with Crippen LogP contribution < -0.4 is 4.74 Å². The first-order valence-electron chi connectivity index (χ1n) is 8.76. The molecule has 5 nitrogen and oxygen atoms in total. The highest BCUT2D eigenvalue weighted by Crippen LogP contribution is 2.29. The second kappa shape index (κ2) is 8.10. The van der Waals surface area contributed by atoms with Crippen LogP contribution in [0.2, 0.25) is 0 Å². The van der Waals surface area contributed by atoms with Gasteiger partial charge in [-0.25, -0.2) is 21.6 Å². The van der Waals surface area contributed by atoms with Gasteiger partial charge in [0.2, 0.25) is 10.0 Å². The zero-order chi connectivity index (χ0) is 20.4. The monoisotopic (exact) mass is 415 g/mol. The van der Waals surface area contributed by atoms with Crippen molar-refractivity contribution in [1.29, 1.82) is 0 Å². The van der Waals surface area contributed by atoms with Crippen molar-refractivity contribution in [3.8, 4) is 5.75 Å². The molecule has 152 valence electrons. The summed E-state index contributed by atoms with van der Waals surface area (Å²) in [7, 11) is -4.38. The van der Waals surface area contributed by atoms with E-state index in [1.165, 1.54) is 24.3 Å². The van der Waals surface area contributed by atoms with E-state index in [0.29, 0.717) is 12.2 Å². The number of hydrogen-bond acceptors (Lipinski definition) is 4.